The van der Waals surface area contributed by atoms with Gasteiger partial charge in [0.2, 0.25) is 0 Å². The van der Waals surface area contributed by atoms with Crippen molar-refractivity contribution in [2.45, 2.75) is 31.6 Å². The summed E-state index contributed by atoms with van der Waals surface area (Å²) in [6, 6.07) is 4.61. The number of piperazine rings is 1. The Morgan fingerprint density at radius 1 is 1.29 bits per heavy atom. The van der Waals surface area contributed by atoms with E-state index in [1.807, 2.05) is 4.90 Å². The van der Waals surface area contributed by atoms with Crippen molar-refractivity contribution in [3.8, 4) is 0 Å². The van der Waals surface area contributed by atoms with E-state index in [1.54, 1.807) is 13.0 Å². The minimum atomic E-state index is -4.37. The van der Waals surface area contributed by atoms with Gasteiger partial charge in [0.25, 0.3) is 5.91 Å². The number of amides is 1. The van der Waals surface area contributed by atoms with Gasteiger partial charge in [-0.2, -0.15) is 13.2 Å². The molecule has 156 valence electrons. The lowest BCUT2D eigenvalue weighted by Gasteiger charge is -2.36. The van der Waals surface area contributed by atoms with Crippen LogP contribution in [-0.2, 0) is 20.8 Å². The molecule has 2 fully saturated rings. The van der Waals surface area contributed by atoms with Crippen LogP contribution in [0.5, 0.6) is 0 Å². The summed E-state index contributed by atoms with van der Waals surface area (Å²) < 4.78 is 61.7. The standard InChI is InChI=1S/C18H24F3N3O3S/c1-13(17(25)22-15-5-10-28(26,27)12-15)23-6-8-24(9-7-23)16-4-2-3-14(11-16)18(19,20)21/h2-4,11,13,15H,5-10,12H2,1H3,(H,22,25)/p+1/t13-,15-/m0/s1. The molecule has 2 aliphatic rings. The number of anilines is 1. The second-order valence-electron chi connectivity index (χ2n) is 7.52. The molecular formula is C18H25F3N3O3S+. The van der Waals surface area contributed by atoms with E-state index in [2.05, 4.69) is 5.32 Å². The molecule has 0 bridgehead atoms. The summed E-state index contributed by atoms with van der Waals surface area (Å²) in [5.41, 5.74) is -0.138. The predicted octanol–water partition coefficient (Wildman–Crippen LogP) is 0.102. The Bertz CT molecular complexity index is 821. The summed E-state index contributed by atoms with van der Waals surface area (Å²) >= 11 is 0. The molecule has 0 radical (unpaired) electrons. The number of hydrogen-bond donors (Lipinski definition) is 2. The SMILES string of the molecule is C[C@@H](C(=O)N[C@H]1CCS(=O)(=O)C1)[NH+]1CCN(c2cccc(C(F)(F)F)c2)CC1. The fourth-order valence-corrected chi connectivity index (χ4v) is 5.46. The zero-order chi connectivity index (χ0) is 20.5. The molecule has 2 heterocycles. The third-order valence-corrected chi connectivity index (χ3v) is 7.30. The van der Waals surface area contributed by atoms with E-state index in [0.717, 1.165) is 17.0 Å². The molecule has 1 amide bonds. The van der Waals surface area contributed by atoms with Gasteiger partial charge in [-0.3, -0.25) is 4.79 Å². The predicted molar refractivity (Wildman–Crippen MR) is 99.0 cm³/mol. The van der Waals surface area contributed by atoms with E-state index in [-0.39, 0.29) is 29.5 Å². The number of sulfone groups is 1. The largest absolute Gasteiger partial charge is 0.416 e. The van der Waals surface area contributed by atoms with Gasteiger partial charge < -0.3 is 15.1 Å². The number of rotatable bonds is 4. The molecule has 0 spiro atoms. The summed E-state index contributed by atoms with van der Waals surface area (Å²) in [7, 11) is -3.05. The number of alkyl halides is 3. The van der Waals surface area contributed by atoms with Crippen LogP contribution >= 0.6 is 0 Å². The third kappa shape index (κ3) is 4.96. The molecule has 0 aliphatic carbocycles. The smallest absolute Gasteiger partial charge is 0.360 e. The summed E-state index contributed by atoms with van der Waals surface area (Å²) in [5.74, 6) is -0.0801. The fourth-order valence-electron chi connectivity index (χ4n) is 3.78. The number of carbonyl (C=O) groups is 1. The van der Waals surface area contributed by atoms with Gasteiger partial charge in [-0.25, -0.2) is 8.42 Å². The molecule has 1 aromatic carbocycles. The number of carbonyl (C=O) groups excluding carboxylic acids is 1. The first-order chi connectivity index (χ1) is 13.0. The molecule has 2 N–H and O–H groups in total. The minimum absolute atomic E-state index is 0.00980. The van der Waals surface area contributed by atoms with Crippen molar-refractivity contribution in [1.82, 2.24) is 5.32 Å². The molecule has 2 saturated heterocycles. The van der Waals surface area contributed by atoms with E-state index >= 15 is 0 Å². The second kappa shape index (κ2) is 7.90. The van der Waals surface area contributed by atoms with Crippen molar-refractivity contribution in [1.29, 1.82) is 0 Å². The van der Waals surface area contributed by atoms with Crippen LogP contribution in [-0.4, -0.2) is 64.1 Å². The van der Waals surface area contributed by atoms with Crippen LogP contribution in [0.1, 0.15) is 18.9 Å². The zero-order valence-corrected chi connectivity index (χ0v) is 16.4. The Morgan fingerprint density at radius 2 is 1.96 bits per heavy atom. The topological polar surface area (TPSA) is 70.9 Å². The zero-order valence-electron chi connectivity index (χ0n) is 15.6. The highest BCUT2D eigenvalue weighted by Crippen LogP contribution is 2.31. The Balaban J connectivity index is 1.54. The van der Waals surface area contributed by atoms with E-state index in [9.17, 15) is 26.4 Å². The van der Waals surface area contributed by atoms with Crippen molar-refractivity contribution >= 4 is 21.4 Å². The van der Waals surface area contributed by atoms with E-state index in [0.29, 0.717) is 38.3 Å². The molecule has 28 heavy (non-hydrogen) atoms. The van der Waals surface area contributed by atoms with Crippen LogP contribution in [0.4, 0.5) is 18.9 Å². The average molecular weight is 420 g/mol. The van der Waals surface area contributed by atoms with Gasteiger partial charge >= 0.3 is 6.18 Å². The first-order valence-electron chi connectivity index (χ1n) is 9.33. The van der Waals surface area contributed by atoms with Crippen molar-refractivity contribution in [3.05, 3.63) is 29.8 Å². The molecule has 0 saturated carbocycles. The normalized spacial score (nSPS) is 24.1. The lowest BCUT2D eigenvalue weighted by Crippen LogP contribution is -3.19. The number of hydrogen-bond acceptors (Lipinski definition) is 4. The van der Waals surface area contributed by atoms with E-state index in [4.69, 9.17) is 0 Å². The Kier molecular flexibility index (Phi) is 5.90. The molecule has 2 aliphatic heterocycles. The first kappa shape index (κ1) is 20.9. The quantitative estimate of drug-likeness (QED) is 0.725. The van der Waals surface area contributed by atoms with Gasteiger partial charge in [-0.15, -0.1) is 0 Å². The van der Waals surface area contributed by atoms with Crippen LogP contribution in [0.25, 0.3) is 0 Å². The first-order valence-corrected chi connectivity index (χ1v) is 11.1. The summed E-state index contributed by atoms with van der Waals surface area (Å²) in [6.45, 7) is 4.13. The fraction of sp³-hybridized carbons (Fsp3) is 0.611. The van der Waals surface area contributed by atoms with Crippen LogP contribution in [0.15, 0.2) is 24.3 Å². The molecule has 6 nitrogen and oxygen atoms in total. The number of nitrogens with one attached hydrogen (secondary N) is 2. The van der Waals surface area contributed by atoms with Crippen molar-refractivity contribution in [2.75, 3.05) is 42.6 Å². The average Bonchev–Trinajstić information content (AvgIpc) is 2.99. The lowest BCUT2D eigenvalue weighted by molar-refractivity contribution is -0.914. The van der Waals surface area contributed by atoms with Crippen LogP contribution in [0, 0.1) is 0 Å². The number of nitrogens with zero attached hydrogens (tertiary/aromatic N) is 1. The highest BCUT2D eigenvalue weighted by Gasteiger charge is 2.35. The van der Waals surface area contributed by atoms with Gasteiger partial charge in [0, 0.05) is 11.7 Å². The summed E-state index contributed by atoms with van der Waals surface area (Å²) in [5, 5.41) is 2.82. The van der Waals surface area contributed by atoms with Crippen molar-refractivity contribution in [2.24, 2.45) is 0 Å². The molecular weight excluding hydrogens is 395 g/mol. The third-order valence-electron chi connectivity index (χ3n) is 5.53. The highest BCUT2D eigenvalue weighted by atomic mass is 32.2. The maximum Gasteiger partial charge on any atom is 0.416 e. The van der Waals surface area contributed by atoms with Crippen LogP contribution < -0.4 is 15.1 Å². The number of halogens is 3. The number of benzene rings is 1. The van der Waals surface area contributed by atoms with Gasteiger partial charge in [-0.05, 0) is 31.5 Å². The Labute approximate surface area is 162 Å². The monoisotopic (exact) mass is 420 g/mol. The van der Waals surface area contributed by atoms with Crippen LogP contribution in [0.3, 0.4) is 0 Å². The van der Waals surface area contributed by atoms with E-state index < -0.39 is 21.6 Å². The van der Waals surface area contributed by atoms with Crippen molar-refractivity contribution in [3.63, 3.8) is 0 Å². The summed E-state index contributed by atoms with van der Waals surface area (Å²) in [4.78, 5) is 15.4. The molecule has 0 unspecified atom stereocenters. The van der Waals surface area contributed by atoms with Gasteiger partial charge in [0.15, 0.2) is 15.9 Å². The molecule has 10 heteroatoms. The van der Waals surface area contributed by atoms with Gasteiger partial charge in [-0.1, -0.05) is 6.07 Å². The maximum absolute atomic E-state index is 12.9. The van der Waals surface area contributed by atoms with Gasteiger partial charge in [0.1, 0.15) is 0 Å². The molecule has 2 atom stereocenters. The summed E-state index contributed by atoms with van der Waals surface area (Å²) in [6.07, 6.45) is -3.93. The molecule has 0 aromatic heterocycles. The van der Waals surface area contributed by atoms with Gasteiger partial charge in [0.05, 0.1) is 43.2 Å². The number of quaternary nitrogens is 1. The Morgan fingerprint density at radius 3 is 2.54 bits per heavy atom. The lowest BCUT2D eigenvalue weighted by atomic mass is 10.1. The highest BCUT2D eigenvalue weighted by molar-refractivity contribution is 7.91. The minimum Gasteiger partial charge on any atom is -0.360 e. The maximum atomic E-state index is 12.9. The van der Waals surface area contributed by atoms with Crippen molar-refractivity contribution < 1.29 is 31.3 Å². The molecule has 3 rings (SSSR count). The Hall–Kier alpha value is -1.81. The molecule has 1 aromatic rings. The van der Waals surface area contributed by atoms with Crippen LogP contribution in [0.2, 0.25) is 0 Å². The second-order valence-corrected chi connectivity index (χ2v) is 9.75. The van der Waals surface area contributed by atoms with E-state index in [1.165, 1.54) is 6.07 Å².